The van der Waals surface area contributed by atoms with Gasteiger partial charge in [0.1, 0.15) is 11.3 Å². The molecule has 14 heavy (non-hydrogen) atoms. The molecular formula is C10H11NO2S. The summed E-state index contributed by atoms with van der Waals surface area (Å²) in [6, 6.07) is 0. The molecule has 3 nitrogen and oxygen atoms in total. The van der Waals surface area contributed by atoms with Crippen molar-refractivity contribution in [3.63, 3.8) is 0 Å². The molecule has 0 radical (unpaired) electrons. The average Bonchev–Trinajstić information content (AvgIpc) is 2.48. The van der Waals surface area contributed by atoms with Crippen LogP contribution in [0.5, 0.6) is 0 Å². The van der Waals surface area contributed by atoms with Crippen LogP contribution in [0, 0.1) is 26.2 Å². The van der Waals surface area contributed by atoms with Crippen LogP contribution in [0.3, 0.4) is 0 Å². The number of aromatic nitrogens is 1. The lowest BCUT2D eigenvalue weighted by molar-refractivity contribution is -0.110. The van der Waals surface area contributed by atoms with Crippen molar-refractivity contribution >= 4 is 17.6 Å². The van der Waals surface area contributed by atoms with Crippen LogP contribution in [0.25, 0.3) is 0 Å². The molecule has 0 aromatic carbocycles. The van der Waals surface area contributed by atoms with Crippen molar-refractivity contribution < 1.29 is 9.90 Å². The van der Waals surface area contributed by atoms with Crippen LogP contribution in [0.4, 0.5) is 0 Å². The summed E-state index contributed by atoms with van der Waals surface area (Å²) in [6.45, 7) is 3.74. The summed E-state index contributed by atoms with van der Waals surface area (Å²) in [6.07, 6.45) is 5.68. The van der Waals surface area contributed by atoms with Gasteiger partial charge < -0.3 is 9.90 Å². The number of nitrogens with zero attached hydrogens (tertiary/aromatic N) is 1. The summed E-state index contributed by atoms with van der Waals surface area (Å²) in [7, 11) is 0. The molecule has 0 fully saturated rings. The fraction of sp³-hybridized carbons (Fsp3) is 0.400. The minimum Gasteiger partial charge on any atom is -0.371 e. The first kappa shape index (κ1) is 10.9. The van der Waals surface area contributed by atoms with Crippen LogP contribution in [0.2, 0.25) is 0 Å². The smallest absolute Gasteiger partial charge is 0.183 e. The van der Waals surface area contributed by atoms with Gasteiger partial charge in [0, 0.05) is 4.88 Å². The average molecular weight is 209 g/mol. The molecule has 1 aromatic heterocycles. The zero-order valence-corrected chi connectivity index (χ0v) is 8.89. The molecule has 0 aliphatic heterocycles. The summed E-state index contributed by atoms with van der Waals surface area (Å²) in [5.41, 5.74) is -0.699. The van der Waals surface area contributed by atoms with Gasteiger partial charge in [0.05, 0.1) is 12.1 Å². The Hall–Kier alpha value is -1.18. The van der Waals surface area contributed by atoms with E-state index in [2.05, 4.69) is 10.9 Å². The van der Waals surface area contributed by atoms with Crippen LogP contribution < -0.4 is 0 Å². The molecule has 74 valence electrons. The van der Waals surface area contributed by atoms with Crippen molar-refractivity contribution in [1.29, 1.82) is 0 Å². The van der Waals surface area contributed by atoms with E-state index in [0.717, 1.165) is 10.6 Å². The van der Waals surface area contributed by atoms with E-state index in [-0.39, 0.29) is 6.42 Å². The third-order valence-corrected chi connectivity index (χ3v) is 3.22. The van der Waals surface area contributed by atoms with Gasteiger partial charge in [0.25, 0.3) is 0 Å². The normalized spacial score (nSPS) is 14.4. The summed E-state index contributed by atoms with van der Waals surface area (Å²) in [5, 5.41) is 10.3. The molecule has 1 unspecified atom stereocenters. The Kier molecular flexibility index (Phi) is 3.04. The van der Waals surface area contributed by atoms with Crippen LogP contribution in [0.15, 0.2) is 0 Å². The highest BCUT2D eigenvalue weighted by Gasteiger charge is 2.30. The monoisotopic (exact) mass is 209 g/mol. The molecule has 1 atom stereocenters. The molecule has 1 rings (SSSR count). The maximum absolute atomic E-state index is 10.4. The van der Waals surface area contributed by atoms with Crippen molar-refractivity contribution in [3.8, 4) is 12.3 Å². The van der Waals surface area contributed by atoms with Crippen molar-refractivity contribution in [2.75, 3.05) is 0 Å². The van der Waals surface area contributed by atoms with Crippen LogP contribution in [-0.4, -0.2) is 16.4 Å². The van der Waals surface area contributed by atoms with E-state index in [1.165, 1.54) is 11.3 Å². The third kappa shape index (κ3) is 1.84. The molecule has 1 heterocycles. The molecule has 0 saturated carbocycles. The number of aryl methyl sites for hydroxylation is 2. The van der Waals surface area contributed by atoms with E-state index in [4.69, 9.17) is 6.42 Å². The fourth-order valence-corrected chi connectivity index (χ4v) is 1.96. The van der Waals surface area contributed by atoms with Crippen LogP contribution in [0.1, 0.15) is 22.0 Å². The maximum atomic E-state index is 10.4. The zero-order chi connectivity index (χ0) is 10.8. The maximum Gasteiger partial charge on any atom is 0.183 e. The van der Waals surface area contributed by atoms with Gasteiger partial charge in [-0.15, -0.1) is 17.8 Å². The molecule has 0 saturated heterocycles. The van der Waals surface area contributed by atoms with Crippen LogP contribution in [-0.2, 0) is 10.4 Å². The number of hydrogen-bond donors (Lipinski definition) is 1. The molecule has 0 spiro atoms. The van der Waals surface area contributed by atoms with Gasteiger partial charge in [-0.1, -0.05) is 5.92 Å². The third-order valence-electron chi connectivity index (χ3n) is 2.00. The highest BCUT2D eigenvalue weighted by molar-refractivity contribution is 7.11. The lowest BCUT2D eigenvalue weighted by atomic mass is 10.0. The van der Waals surface area contributed by atoms with E-state index >= 15 is 0 Å². The Morgan fingerprint density at radius 3 is 2.71 bits per heavy atom. The van der Waals surface area contributed by atoms with Crippen molar-refractivity contribution in [3.05, 3.63) is 15.6 Å². The highest BCUT2D eigenvalue weighted by Crippen LogP contribution is 2.29. The molecule has 1 N–H and O–H groups in total. The Morgan fingerprint density at radius 1 is 1.71 bits per heavy atom. The van der Waals surface area contributed by atoms with E-state index in [1.54, 1.807) is 0 Å². The SMILES string of the molecule is C#CC(O)(CC=O)c1nc(C)c(C)s1. The van der Waals surface area contributed by atoms with Gasteiger partial charge >= 0.3 is 0 Å². The standard InChI is InChI=1S/C10H11NO2S/c1-4-10(13,5-6-12)9-11-7(2)8(3)14-9/h1,6,13H,5H2,2-3H3. The van der Waals surface area contributed by atoms with Crippen molar-refractivity contribution in [2.24, 2.45) is 0 Å². The molecule has 0 aliphatic rings. The summed E-state index contributed by atoms with van der Waals surface area (Å²) < 4.78 is 0. The molecule has 0 amide bonds. The van der Waals surface area contributed by atoms with Crippen molar-refractivity contribution in [2.45, 2.75) is 25.9 Å². The molecule has 1 aromatic rings. The number of carbonyl (C=O) groups is 1. The van der Waals surface area contributed by atoms with E-state index in [9.17, 15) is 9.90 Å². The second-order valence-electron chi connectivity index (χ2n) is 3.04. The largest absolute Gasteiger partial charge is 0.371 e. The molecule has 0 aliphatic carbocycles. The number of aldehydes is 1. The number of thiazole rings is 1. The van der Waals surface area contributed by atoms with Gasteiger partial charge in [-0.3, -0.25) is 0 Å². The van der Waals surface area contributed by atoms with E-state index in [0.29, 0.717) is 11.3 Å². The highest BCUT2D eigenvalue weighted by atomic mass is 32.1. The van der Waals surface area contributed by atoms with Gasteiger partial charge in [0.2, 0.25) is 0 Å². The second-order valence-corrected chi connectivity index (χ2v) is 4.24. The van der Waals surface area contributed by atoms with Gasteiger partial charge in [-0.2, -0.15) is 0 Å². The zero-order valence-electron chi connectivity index (χ0n) is 8.07. The van der Waals surface area contributed by atoms with E-state index in [1.807, 2.05) is 13.8 Å². The first-order chi connectivity index (χ1) is 6.53. The lowest BCUT2D eigenvalue weighted by Gasteiger charge is -2.15. The van der Waals surface area contributed by atoms with Crippen LogP contribution >= 0.6 is 11.3 Å². The number of aliphatic hydroxyl groups is 1. The molecular weight excluding hydrogens is 198 g/mol. The topological polar surface area (TPSA) is 50.2 Å². The number of hydrogen-bond acceptors (Lipinski definition) is 4. The first-order valence-corrected chi connectivity index (χ1v) is 4.93. The minimum atomic E-state index is -1.54. The molecule has 4 heteroatoms. The fourth-order valence-electron chi connectivity index (χ4n) is 0.978. The minimum absolute atomic E-state index is 0.115. The number of terminal acetylenes is 1. The predicted octanol–water partition coefficient (Wildman–Crippen LogP) is 1.17. The van der Waals surface area contributed by atoms with Gasteiger partial charge in [-0.05, 0) is 13.8 Å². The predicted molar refractivity (Wildman–Crippen MR) is 55.0 cm³/mol. The Bertz CT molecular complexity index is 372. The second kappa shape index (κ2) is 3.91. The Labute approximate surface area is 86.8 Å². The quantitative estimate of drug-likeness (QED) is 0.600. The summed E-state index contributed by atoms with van der Waals surface area (Å²) >= 11 is 1.32. The van der Waals surface area contributed by atoms with Crippen molar-refractivity contribution in [1.82, 2.24) is 4.98 Å². The van der Waals surface area contributed by atoms with Gasteiger partial charge in [0.15, 0.2) is 5.60 Å². The number of carbonyl (C=O) groups excluding carboxylic acids is 1. The van der Waals surface area contributed by atoms with E-state index < -0.39 is 5.60 Å². The summed E-state index contributed by atoms with van der Waals surface area (Å²) in [4.78, 5) is 15.5. The molecule has 0 bridgehead atoms. The summed E-state index contributed by atoms with van der Waals surface area (Å²) in [5.74, 6) is 2.21. The number of rotatable bonds is 3. The first-order valence-electron chi connectivity index (χ1n) is 4.12. The Balaban J connectivity index is 3.13. The van der Waals surface area contributed by atoms with Gasteiger partial charge in [-0.25, -0.2) is 4.98 Å². The lowest BCUT2D eigenvalue weighted by Crippen LogP contribution is -2.23. The Morgan fingerprint density at radius 2 is 2.36 bits per heavy atom.